The Bertz CT molecular complexity index is 633. The van der Waals surface area contributed by atoms with E-state index in [0.717, 1.165) is 43.4 Å². The molecule has 0 radical (unpaired) electrons. The number of rotatable bonds is 4. The van der Waals surface area contributed by atoms with Crippen LogP contribution in [0.25, 0.3) is 0 Å². The summed E-state index contributed by atoms with van der Waals surface area (Å²) >= 11 is 0. The Labute approximate surface area is 139 Å². The lowest BCUT2D eigenvalue weighted by molar-refractivity contribution is 0.361. The van der Waals surface area contributed by atoms with Gasteiger partial charge in [-0.25, -0.2) is 0 Å². The first kappa shape index (κ1) is 16.1. The van der Waals surface area contributed by atoms with Crippen molar-refractivity contribution in [2.24, 2.45) is 5.92 Å². The van der Waals surface area contributed by atoms with E-state index in [-0.39, 0.29) is 0 Å². The Balaban J connectivity index is 1.76. The molecule has 0 saturated carbocycles. The van der Waals surface area contributed by atoms with Crippen LogP contribution in [0.15, 0.2) is 59.4 Å². The number of hydrogen-bond donors (Lipinski definition) is 1. The number of benzene rings is 1. The predicted molar refractivity (Wildman–Crippen MR) is 96.6 cm³/mol. The van der Waals surface area contributed by atoms with Crippen LogP contribution in [0.2, 0.25) is 0 Å². The van der Waals surface area contributed by atoms with Gasteiger partial charge < -0.3 is 10.1 Å². The number of ether oxygens (including phenoxy) is 1. The van der Waals surface area contributed by atoms with Crippen LogP contribution >= 0.6 is 0 Å². The Morgan fingerprint density at radius 2 is 1.87 bits per heavy atom. The fourth-order valence-corrected chi connectivity index (χ4v) is 3.26. The summed E-state index contributed by atoms with van der Waals surface area (Å²) in [5, 5.41) is 3.44. The van der Waals surface area contributed by atoms with Crippen molar-refractivity contribution in [2.75, 3.05) is 13.1 Å². The van der Waals surface area contributed by atoms with Crippen molar-refractivity contribution in [1.29, 1.82) is 0 Å². The molecule has 0 unspecified atom stereocenters. The summed E-state index contributed by atoms with van der Waals surface area (Å²) in [6.45, 7) is 6.56. The monoisotopic (exact) mass is 309 g/mol. The van der Waals surface area contributed by atoms with Gasteiger partial charge in [0.05, 0.1) is 0 Å². The van der Waals surface area contributed by atoms with Gasteiger partial charge in [-0.05, 0) is 69.3 Å². The van der Waals surface area contributed by atoms with E-state index >= 15 is 0 Å². The molecule has 0 spiro atoms. The third kappa shape index (κ3) is 4.35. The van der Waals surface area contributed by atoms with E-state index in [4.69, 9.17) is 4.74 Å². The van der Waals surface area contributed by atoms with E-state index < -0.39 is 0 Å². The molecule has 1 saturated heterocycles. The standard InChI is InChI=1S/C21H27NO/c1-16-7-9-17(2)20(10-8-16)23-21-6-4-3-5-19(21)15-18-11-13-22-14-12-18/h3-9,18,22H,10-15H2,1-2H3. The van der Waals surface area contributed by atoms with Crippen molar-refractivity contribution in [3.63, 3.8) is 0 Å². The molecular formula is C21H27NO. The molecule has 2 nitrogen and oxygen atoms in total. The summed E-state index contributed by atoms with van der Waals surface area (Å²) in [4.78, 5) is 0. The minimum absolute atomic E-state index is 0.771. The van der Waals surface area contributed by atoms with Gasteiger partial charge in [0.15, 0.2) is 0 Å². The molecule has 1 heterocycles. The third-order valence-corrected chi connectivity index (χ3v) is 4.82. The maximum absolute atomic E-state index is 6.34. The first-order valence-electron chi connectivity index (χ1n) is 8.73. The highest BCUT2D eigenvalue weighted by atomic mass is 16.5. The zero-order chi connectivity index (χ0) is 16.1. The van der Waals surface area contributed by atoms with E-state index in [9.17, 15) is 0 Å². The Hall–Kier alpha value is -1.80. The lowest BCUT2D eigenvalue weighted by atomic mass is 9.90. The van der Waals surface area contributed by atoms with Crippen molar-refractivity contribution in [1.82, 2.24) is 5.32 Å². The summed E-state index contributed by atoms with van der Waals surface area (Å²) in [5.74, 6) is 2.87. The fraction of sp³-hybridized carbons (Fsp3) is 0.429. The third-order valence-electron chi connectivity index (χ3n) is 4.82. The lowest BCUT2D eigenvalue weighted by Crippen LogP contribution is -2.28. The summed E-state index contributed by atoms with van der Waals surface area (Å²) in [6.07, 6.45) is 11.1. The molecule has 0 aromatic heterocycles. The van der Waals surface area contributed by atoms with Crippen LogP contribution in [-0.2, 0) is 6.42 Å². The van der Waals surface area contributed by atoms with Gasteiger partial charge in [-0.3, -0.25) is 0 Å². The van der Waals surface area contributed by atoms with Crippen molar-refractivity contribution >= 4 is 0 Å². The smallest absolute Gasteiger partial charge is 0.130 e. The van der Waals surface area contributed by atoms with Crippen molar-refractivity contribution < 1.29 is 4.74 Å². The molecule has 1 aliphatic carbocycles. The topological polar surface area (TPSA) is 21.3 Å². The molecule has 3 rings (SSSR count). The van der Waals surface area contributed by atoms with Gasteiger partial charge in [0.1, 0.15) is 11.5 Å². The highest BCUT2D eigenvalue weighted by Crippen LogP contribution is 2.29. The fourth-order valence-electron chi connectivity index (χ4n) is 3.26. The number of hydrogen-bond acceptors (Lipinski definition) is 2. The minimum Gasteiger partial charge on any atom is -0.461 e. The maximum atomic E-state index is 6.34. The van der Waals surface area contributed by atoms with Crippen molar-refractivity contribution in [2.45, 2.75) is 39.5 Å². The number of allylic oxidation sites excluding steroid dienone is 5. The van der Waals surface area contributed by atoms with Crippen molar-refractivity contribution in [3.8, 4) is 5.75 Å². The van der Waals surface area contributed by atoms with E-state index in [1.54, 1.807) is 0 Å². The summed E-state index contributed by atoms with van der Waals surface area (Å²) in [5.41, 5.74) is 3.86. The highest BCUT2D eigenvalue weighted by molar-refractivity contribution is 5.38. The average Bonchev–Trinajstić information content (AvgIpc) is 2.73. The second kappa shape index (κ2) is 7.65. The van der Waals surface area contributed by atoms with E-state index in [1.807, 2.05) is 0 Å². The summed E-state index contributed by atoms with van der Waals surface area (Å²) < 4.78 is 6.34. The Morgan fingerprint density at radius 1 is 1.09 bits per heavy atom. The minimum atomic E-state index is 0.771. The largest absolute Gasteiger partial charge is 0.461 e. The predicted octanol–water partition coefficient (Wildman–Crippen LogP) is 4.79. The molecule has 2 heteroatoms. The van der Waals surface area contributed by atoms with Gasteiger partial charge >= 0.3 is 0 Å². The molecule has 1 aromatic rings. The SMILES string of the molecule is CC1=CCC(Oc2ccccc2CC2CCNCC2)=C(C)C=C1. The quantitative estimate of drug-likeness (QED) is 0.863. The Morgan fingerprint density at radius 3 is 2.70 bits per heavy atom. The van der Waals surface area contributed by atoms with E-state index in [1.165, 1.54) is 29.6 Å². The molecule has 1 fully saturated rings. The molecule has 1 N–H and O–H groups in total. The summed E-state index contributed by atoms with van der Waals surface area (Å²) in [7, 11) is 0. The second-order valence-corrected chi connectivity index (χ2v) is 6.70. The zero-order valence-electron chi connectivity index (χ0n) is 14.3. The van der Waals surface area contributed by atoms with Crippen LogP contribution < -0.4 is 10.1 Å². The summed E-state index contributed by atoms with van der Waals surface area (Å²) in [6, 6.07) is 8.54. The number of para-hydroxylation sites is 1. The van der Waals surface area contributed by atoms with E-state index in [2.05, 4.69) is 61.7 Å². The molecule has 0 atom stereocenters. The Kier molecular flexibility index (Phi) is 5.35. The van der Waals surface area contributed by atoms with E-state index in [0.29, 0.717) is 0 Å². The van der Waals surface area contributed by atoms with Gasteiger partial charge in [0.2, 0.25) is 0 Å². The van der Waals surface area contributed by atoms with Gasteiger partial charge in [0.25, 0.3) is 0 Å². The normalized spacial score (nSPS) is 19.5. The first-order chi connectivity index (χ1) is 11.2. The highest BCUT2D eigenvalue weighted by Gasteiger charge is 2.16. The number of nitrogens with one attached hydrogen (secondary N) is 1. The van der Waals surface area contributed by atoms with Gasteiger partial charge in [0, 0.05) is 6.42 Å². The van der Waals surface area contributed by atoms with Crippen LogP contribution in [0.3, 0.4) is 0 Å². The van der Waals surface area contributed by atoms with Crippen LogP contribution in [0.1, 0.15) is 38.7 Å². The van der Waals surface area contributed by atoms with Crippen LogP contribution in [-0.4, -0.2) is 13.1 Å². The lowest BCUT2D eigenvalue weighted by Gasteiger charge is -2.23. The van der Waals surface area contributed by atoms with Crippen molar-refractivity contribution in [3.05, 3.63) is 65.0 Å². The van der Waals surface area contributed by atoms with Crippen LogP contribution in [0, 0.1) is 5.92 Å². The first-order valence-corrected chi connectivity index (χ1v) is 8.73. The molecule has 23 heavy (non-hydrogen) atoms. The van der Waals surface area contributed by atoms with Crippen LogP contribution in [0.4, 0.5) is 0 Å². The molecular weight excluding hydrogens is 282 g/mol. The molecule has 1 aromatic carbocycles. The second-order valence-electron chi connectivity index (χ2n) is 6.70. The molecule has 1 aliphatic heterocycles. The molecule has 0 bridgehead atoms. The van der Waals surface area contributed by atoms with Gasteiger partial charge in [-0.1, -0.05) is 42.0 Å². The molecule has 0 amide bonds. The molecule has 2 aliphatic rings. The molecule has 122 valence electrons. The zero-order valence-corrected chi connectivity index (χ0v) is 14.3. The van der Waals surface area contributed by atoms with Crippen LogP contribution in [0.5, 0.6) is 5.75 Å². The average molecular weight is 309 g/mol. The van der Waals surface area contributed by atoms with Gasteiger partial charge in [-0.2, -0.15) is 0 Å². The number of piperidine rings is 1. The van der Waals surface area contributed by atoms with Gasteiger partial charge in [-0.15, -0.1) is 0 Å². The maximum Gasteiger partial charge on any atom is 0.130 e.